The lowest BCUT2D eigenvalue weighted by atomic mass is 10.3. The summed E-state index contributed by atoms with van der Waals surface area (Å²) in [7, 11) is 0. The molecule has 19 heavy (non-hydrogen) atoms. The molecule has 1 rings (SSSR count). The smallest absolute Gasteiger partial charge is 0.230 e. The molecule has 1 amide bonds. The summed E-state index contributed by atoms with van der Waals surface area (Å²) in [5, 5.41) is 20.4. The average molecular weight is 285 g/mol. The summed E-state index contributed by atoms with van der Waals surface area (Å²) in [6, 6.07) is 9.39. The molecule has 0 bridgehead atoms. The van der Waals surface area contributed by atoms with E-state index < -0.39 is 6.10 Å². The molecule has 0 aliphatic heterocycles. The molecule has 1 aromatic carbocycles. The lowest BCUT2D eigenvalue weighted by molar-refractivity contribution is -0.118. The topological polar surface area (TPSA) is 78.8 Å². The van der Waals surface area contributed by atoms with Gasteiger partial charge in [-0.2, -0.15) is 0 Å². The van der Waals surface area contributed by atoms with Gasteiger partial charge >= 0.3 is 0 Å². The highest BCUT2D eigenvalue weighted by Gasteiger charge is 2.05. The van der Waals surface area contributed by atoms with Crippen LogP contribution in [0, 0.1) is 0 Å². The standard InChI is InChI=1S/C13H19NO4S/c15-8-11(16)9-19-10-13(17)14-6-7-18-12-4-2-1-3-5-12/h1-5,11,15-16H,6-10H2,(H,14,17). The molecule has 6 heteroatoms. The molecule has 0 aliphatic rings. The van der Waals surface area contributed by atoms with Gasteiger partial charge in [-0.25, -0.2) is 0 Å². The van der Waals surface area contributed by atoms with Gasteiger partial charge in [-0.15, -0.1) is 11.8 Å². The number of aliphatic hydroxyl groups is 2. The van der Waals surface area contributed by atoms with Crippen LogP contribution in [-0.4, -0.2) is 53.5 Å². The lowest BCUT2D eigenvalue weighted by Gasteiger charge is -2.08. The zero-order chi connectivity index (χ0) is 13.9. The van der Waals surface area contributed by atoms with Crippen LogP contribution in [0.3, 0.4) is 0 Å². The van der Waals surface area contributed by atoms with Gasteiger partial charge in [0.25, 0.3) is 0 Å². The fourth-order valence-corrected chi connectivity index (χ4v) is 2.05. The quantitative estimate of drug-likeness (QED) is 0.568. The van der Waals surface area contributed by atoms with Gasteiger partial charge in [0.2, 0.25) is 5.91 Å². The fourth-order valence-electron chi connectivity index (χ4n) is 1.27. The van der Waals surface area contributed by atoms with Gasteiger partial charge in [0.15, 0.2) is 0 Å². The molecule has 3 N–H and O–H groups in total. The van der Waals surface area contributed by atoms with E-state index in [1.807, 2.05) is 30.3 Å². The molecule has 0 saturated heterocycles. The molecule has 0 aliphatic carbocycles. The van der Waals surface area contributed by atoms with Crippen LogP contribution in [0.25, 0.3) is 0 Å². The Morgan fingerprint density at radius 1 is 1.37 bits per heavy atom. The zero-order valence-corrected chi connectivity index (χ0v) is 11.4. The number of amides is 1. The van der Waals surface area contributed by atoms with Gasteiger partial charge in [-0.05, 0) is 12.1 Å². The molecule has 106 valence electrons. The van der Waals surface area contributed by atoms with E-state index in [2.05, 4.69) is 5.32 Å². The summed E-state index contributed by atoms with van der Waals surface area (Å²) in [6.07, 6.45) is -0.765. The summed E-state index contributed by atoms with van der Waals surface area (Å²) >= 11 is 1.29. The van der Waals surface area contributed by atoms with E-state index in [-0.39, 0.29) is 18.3 Å². The Labute approximate surface area is 117 Å². The van der Waals surface area contributed by atoms with E-state index in [1.165, 1.54) is 11.8 Å². The van der Waals surface area contributed by atoms with Crippen LogP contribution in [0.5, 0.6) is 5.75 Å². The van der Waals surface area contributed by atoms with Crippen molar-refractivity contribution in [3.8, 4) is 5.75 Å². The molecule has 1 unspecified atom stereocenters. The second kappa shape index (κ2) is 9.66. The third-order valence-electron chi connectivity index (χ3n) is 2.19. The predicted molar refractivity (Wildman–Crippen MR) is 75.4 cm³/mol. The van der Waals surface area contributed by atoms with Crippen LogP contribution in [0.2, 0.25) is 0 Å². The van der Waals surface area contributed by atoms with Crippen LogP contribution in [0.15, 0.2) is 30.3 Å². The highest BCUT2D eigenvalue weighted by molar-refractivity contribution is 7.99. The SMILES string of the molecule is O=C(CSCC(O)CO)NCCOc1ccccc1. The van der Waals surface area contributed by atoms with Gasteiger partial charge in [0, 0.05) is 5.75 Å². The first-order chi connectivity index (χ1) is 9.22. The van der Waals surface area contributed by atoms with Crippen molar-refractivity contribution < 1.29 is 19.7 Å². The molecule has 0 spiro atoms. The van der Waals surface area contributed by atoms with Crippen LogP contribution in [-0.2, 0) is 4.79 Å². The first-order valence-corrected chi connectivity index (χ1v) is 7.19. The highest BCUT2D eigenvalue weighted by atomic mass is 32.2. The third kappa shape index (κ3) is 7.71. The van der Waals surface area contributed by atoms with Gasteiger partial charge < -0.3 is 20.3 Å². The maximum absolute atomic E-state index is 11.4. The molecule has 0 heterocycles. The van der Waals surface area contributed by atoms with Gasteiger partial charge in [-0.1, -0.05) is 18.2 Å². The fraction of sp³-hybridized carbons (Fsp3) is 0.462. The monoisotopic (exact) mass is 285 g/mol. The molecule has 0 saturated carbocycles. The minimum atomic E-state index is -0.765. The van der Waals surface area contributed by atoms with E-state index in [1.54, 1.807) is 0 Å². The number of aliphatic hydroxyl groups excluding tert-OH is 2. The van der Waals surface area contributed by atoms with Crippen molar-refractivity contribution in [2.75, 3.05) is 31.3 Å². The van der Waals surface area contributed by atoms with E-state index in [4.69, 9.17) is 14.9 Å². The Balaban J connectivity index is 2.01. The minimum Gasteiger partial charge on any atom is -0.492 e. The summed E-state index contributed by atoms with van der Waals surface area (Å²) < 4.78 is 5.42. The van der Waals surface area contributed by atoms with Crippen LogP contribution in [0.1, 0.15) is 0 Å². The number of para-hydroxylation sites is 1. The Morgan fingerprint density at radius 2 is 2.11 bits per heavy atom. The minimum absolute atomic E-state index is 0.105. The summed E-state index contributed by atoms with van der Waals surface area (Å²) in [5.41, 5.74) is 0. The molecule has 5 nitrogen and oxygen atoms in total. The van der Waals surface area contributed by atoms with E-state index >= 15 is 0 Å². The summed E-state index contributed by atoms with van der Waals surface area (Å²) in [4.78, 5) is 11.4. The maximum Gasteiger partial charge on any atom is 0.230 e. The number of carbonyl (C=O) groups is 1. The number of ether oxygens (including phenoxy) is 1. The molecule has 1 aromatic rings. The second-order valence-corrected chi connectivity index (χ2v) is 4.89. The van der Waals surface area contributed by atoms with Crippen LogP contribution in [0.4, 0.5) is 0 Å². The van der Waals surface area contributed by atoms with Crippen molar-refractivity contribution in [2.45, 2.75) is 6.10 Å². The molecule has 0 radical (unpaired) electrons. The number of hydrogen-bond donors (Lipinski definition) is 3. The van der Waals surface area contributed by atoms with Gasteiger partial charge in [-0.3, -0.25) is 4.79 Å². The predicted octanol–water partition coefficient (Wildman–Crippen LogP) is 0.268. The molecule has 1 atom stereocenters. The molecular weight excluding hydrogens is 266 g/mol. The van der Waals surface area contributed by atoms with Crippen molar-refractivity contribution >= 4 is 17.7 Å². The Bertz CT molecular complexity index is 361. The Kier molecular flexibility index (Phi) is 8.04. The number of rotatable bonds is 9. The maximum atomic E-state index is 11.4. The summed E-state index contributed by atoms with van der Waals surface area (Å²) in [5.74, 6) is 1.29. The van der Waals surface area contributed by atoms with E-state index in [0.717, 1.165) is 5.75 Å². The van der Waals surface area contributed by atoms with Crippen molar-refractivity contribution in [1.29, 1.82) is 0 Å². The van der Waals surface area contributed by atoms with E-state index in [9.17, 15) is 4.79 Å². The highest BCUT2D eigenvalue weighted by Crippen LogP contribution is 2.07. The lowest BCUT2D eigenvalue weighted by Crippen LogP contribution is -2.30. The second-order valence-electron chi connectivity index (χ2n) is 3.86. The first-order valence-electron chi connectivity index (χ1n) is 6.03. The van der Waals surface area contributed by atoms with Gasteiger partial charge in [0.05, 0.1) is 25.0 Å². The van der Waals surface area contributed by atoms with Crippen molar-refractivity contribution in [1.82, 2.24) is 5.32 Å². The van der Waals surface area contributed by atoms with E-state index in [0.29, 0.717) is 18.9 Å². The number of benzene rings is 1. The molecule has 0 fully saturated rings. The molecular formula is C13H19NO4S. The van der Waals surface area contributed by atoms with Crippen molar-refractivity contribution in [2.24, 2.45) is 0 Å². The zero-order valence-electron chi connectivity index (χ0n) is 10.6. The summed E-state index contributed by atoms with van der Waals surface area (Å²) in [6.45, 7) is 0.579. The van der Waals surface area contributed by atoms with Gasteiger partial charge in [0.1, 0.15) is 12.4 Å². The third-order valence-corrected chi connectivity index (χ3v) is 3.28. The average Bonchev–Trinajstić information content (AvgIpc) is 2.44. The van der Waals surface area contributed by atoms with Crippen molar-refractivity contribution in [3.05, 3.63) is 30.3 Å². The number of hydrogen-bond acceptors (Lipinski definition) is 5. The van der Waals surface area contributed by atoms with Crippen LogP contribution < -0.4 is 10.1 Å². The normalized spacial score (nSPS) is 11.9. The Hall–Kier alpha value is -1.24. The van der Waals surface area contributed by atoms with Crippen molar-refractivity contribution in [3.63, 3.8) is 0 Å². The number of carbonyl (C=O) groups excluding carboxylic acids is 1. The Morgan fingerprint density at radius 3 is 2.79 bits per heavy atom. The molecule has 0 aromatic heterocycles. The number of nitrogens with one attached hydrogen (secondary N) is 1. The first kappa shape index (κ1) is 15.8. The number of thioether (sulfide) groups is 1. The largest absolute Gasteiger partial charge is 0.492 e. The van der Waals surface area contributed by atoms with Crippen LogP contribution >= 0.6 is 11.8 Å².